The number of carbonyl (C=O) groups excluding carboxylic acids is 1. The van der Waals surface area contributed by atoms with Crippen LogP contribution < -0.4 is 0 Å². The molecule has 108 valence electrons. The van der Waals surface area contributed by atoms with Crippen molar-refractivity contribution in [2.75, 3.05) is 13.7 Å². The summed E-state index contributed by atoms with van der Waals surface area (Å²) in [7, 11) is 1.32. The number of aliphatic hydroxyl groups excluding tert-OH is 1. The van der Waals surface area contributed by atoms with E-state index in [2.05, 4.69) is 0 Å². The highest BCUT2D eigenvalue weighted by Gasteiger charge is 2.60. The Morgan fingerprint density at radius 1 is 1.26 bits per heavy atom. The molecule has 4 atom stereocenters. The Balaban J connectivity index is 1.79. The first-order valence-electron chi connectivity index (χ1n) is 6.89. The first-order valence-corrected chi connectivity index (χ1v) is 6.89. The zero-order chi connectivity index (χ0) is 13.5. The number of aliphatic hydroxyl groups is 1. The Kier molecular flexibility index (Phi) is 3.51. The lowest BCUT2D eigenvalue weighted by Crippen LogP contribution is -2.39. The minimum absolute atomic E-state index is 0.186. The van der Waals surface area contributed by atoms with Crippen LogP contribution in [0.4, 0.5) is 0 Å². The van der Waals surface area contributed by atoms with Crippen molar-refractivity contribution in [2.45, 2.75) is 62.3 Å². The van der Waals surface area contributed by atoms with Crippen molar-refractivity contribution in [1.29, 1.82) is 0 Å². The highest BCUT2D eigenvalue weighted by Crippen LogP contribution is 2.45. The number of ether oxygens (including phenoxy) is 4. The van der Waals surface area contributed by atoms with E-state index in [1.54, 1.807) is 0 Å². The number of hydrogen-bond acceptors (Lipinski definition) is 6. The third-order valence-corrected chi connectivity index (χ3v) is 4.24. The summed E-state index contributed by atoms with van der Waals surface area (Å²) >= 11 is 0. The van der Waals surface area contributed by atoms with E-state index in [0.717, 1.165) is 25.7 Å². The second-order valence-corrected chi connectivity index (χ2v) is 5.44. The maximum atomic E-state index is 11.7. The van der Waals surface area contributed by atoms with Crippen LogP contribution in [0.3, 0.4) is 0 Å². The van der Waals surface area contributed by atoms with Crippen LogP contribution in [0, 0.1) is 0 Å². The number of hydrogen-bond donors (Lipinski definition) is 1. The van der Waals surface area contributed by atoms with E-state index < -0.39 is 30.1 Å². The minimum Gasteiger partial charge on any atom is -0.467 e. The second-order valence-electron chi connectivity index (χ2n) is 5.44. The SMILES string of the molecule is COC(=O)[C@@H]1O[C@H](CO)[C@H]2OC3(CCCCC3)O[C@H]21. The number of methoxy groups -OCH3 is 1. The average Bonchev–Trinajstić information content (AvgIpc) is 2.94. The monoisotopic (exact) mass is 272 g/mol. The molecule has 2 heterocycles. The molecule has 6 heteroatoms. The molecule has 0 aromatic carbocycles. The Morgan fingerprint density at radius 2 is 1.95 bits per heavy atom. The van der Waals surface area contributed by atoms with Crippen LogP contribution in [0.15, 0.2) is 0 Å². The van der Waals surface area contributed by atoms with Crippen LogP contribution >= 0.6 is 0 Å². The largest absolute Gasteiger partial charge is 0.467 e. The molecule has 2 saturated heterocycles. The summed E-state index contributed by atoms with van der Waals surface area (Å²) in [5.74, 6) is -1.06. The summed E-state index contributed by atoms with van der Waals surface area (Å²) in [5.41, 5.74) is 0. The van der Waals surface area contributed by atoms with Gasteiger partial charge >= 0.3 is 5.97 Å². The van der Waals surface area contributed by atoms with Gasteiger partial charge in [0, 0.05) is 12.8 Å². The van der Waals surface area contributed by atoms with Gasteiger partial charge in [0.25, 0.3) is 0 Å². The first kappa shape index (κ1) is 13.3. The van der Waals surface area contributed by atoms with E-state index in [-0.39, 0.29) is 12.7 Å². The Bertz CT molecular complexity index is 351. The minimum atomic E-state index is -0.798. The van der Waals surface area contributed by atoms with E-state index in [1.165, 1.54) is 13.5 Å². The van der Waals surface area contributed by atoms with E-state index >= 15 is 0 Å². The Morgan fingerprint density at radius 3 is 2.58 bits per heavy atom. The van der Waals surface area contributed by atoms with Gasteiger partial charge in [-0.1, -0.05) is 6.42 Å². The fourth-order valence-corrected chi connectivity index (χ4v) is 3.30. The number of fused-ring (bicyclic) bond motifs is 1. The summed E-state index contributed by atoms with van der Waals surface area (Å²) < 4.78 is 22.3. The molecule has 1 saturated carbocycles. The van der Waals surface area contributed by atoms with E-state index in [9.17, 15) is 9.90 Å². The number of carbonyl (C=O) groups is 1. The van der Waals surface area contributed by atoms with Crippen LogP contribution in [-0.4, -0.2) is 55.0 Å². The van der Waals surface area contributed by atoms with E-state index in [0.29, 0.717) is 0 Å². The van der Waals surface area contributed by atoms with Gasteiger partial charge in [0.2, 0.25) is 0 Å². The third kappa shape index (κ3) is 2.16. The van der Waals surface area contributed by atoms with Crippen LogP contribution in [0.5, 0.6) is 0 Å². The normalized spacial score (nSPS) is 40.3. The van der Waals surface area contributed by atoms with Gasteiger partial charge in [-0.05, 0) is 12.8 Å². The molecule has 0 bridgehead atoms. The molecular weight excluding hydrogens is 252 g/mol. The van der Waals surface area contributed by atoms with Crippen LogP contribution in [0.1, 0.15) is 32.1 Å². The average molecular weight is 272 g/mol. The summed E-state index contributed by atoms with van der Waals surface area (Å²) in [6.07, 6.45) is 2.82. The van der Waals surface area contributed by atoms with Gasteiger partial charge in [-0.15, -0.1) is 0 Å². The lowest BCUT2D eigenvalue weighted by molar-refractivity contribution is -0.227. The molecule has 6 nitrogen and oxygen atoms in total. The molecule has 0 unspecified atom stereocenters. The zero-order valence-electron chi connectivity index (χ0n) is 11.0. The van der Waals surface area contributed by atoms with Crippen LogP contribution in [0.25, 0.3) is 0 Å². The van der Waals surface area contributed by atoms with Gasteiger partial charge in [-0.2, -0.15) is 0 Å². The van der Waals surface area contributed by atoms with Crippen molar-refractivity contribution in [3.63, 3.8) is 0 Å². The van der Waals surface area contributed by atoms with Crippen molar-refractivity contribution >= 4 is 5.97 Å². The van der Waals surface area contributed by atoms with E-state index in [1.807, 2.05) is 0 Å². The predicted octanol–water partition coefficient (Wildman–Crippen LogP) is 0.363. The van der Waals surface area contributed by atoms with Gasteiger partial charge in [-0.3, -0.25) is 0 Å². The molecule has 0 amide bonds. The van der Waals surface area contributed by atoms with Gasteiger partial charge in [0.05, 0.1) is 13.7 Å². The predicted molar refractivity (Wildman–Crippen MR) is 63.3 cm³/mol. The molecule has 0 radical (unpaired) electrons. The molecule has 19 heavy (non-hydrogen) atoms. The van der Waals surface area contributed by atoms with Crippen molar-refractivity contribution < 1.29 is 28.8 Å². The molecule has 2 aliphatic heterocycles. The van der Waals surface area contributed by atoms with Gasteiger partial charge in [0.1, 0.15) is 18.3 Å². The van der Waals surface area contributed by atoms with Gasteiger partial charge in [-0.25, -0.2) is 4.79 Å². The molecular formula is C13H20O6. The van der Waals surface area contributed by atoms with Crippen LogP contribution in [-0.2, 0) is 23.7 Å². The fourth-order valence-electron chi connectivity index (χ4n) is 3.30. The van der Waals surface area contributed by atoms with Crippen molar-refractivity contribution in [2.24, 2.45) is 0 Å². The van der Waals surface area contributed by atoms with Gasteiger partial charge < -0.3 is 24.1 Å². The second kappa shape index (κ2) is 5.01. The molecule has 0 aromatic heterocycles. The molecule has 3 rings (SSSR count). The summed E-state index contributed by atoms with van der Waals surface area (Å²) in [5, 5.41) is 9.36. The summed E-state index contributed by atoms with van der Waals surface area (Å²) in [6.45, 7) is -0.186. The lowest BCUT2D eigenvalue weighted by atomic mass is 9.94. The summed E-state index contributed by atoms with van der Waals surface area (Å²) in [4.78, 5) is 11.7. The van der Waals surface area contributed by atoms with Crippen LogP contribution in [0.2, 0.25) is 0 Å². The molecule has 3 fully saturated rings. The quantitative estimate of drug-likeness (QED) is 0.732. The maximum Gasteiger partial charge on any atom is 0.337 e. The Labute approximate surface area is 112 Å². The Hall–Kier alpha value is -0.690. The molecule has 1 spiro atoms. The lowest BCUT2D eigenvalue weighted by Gasteiger charge is -2.33. The first-order chi connectivity index (χ1) is 9.19. The van der Waals surface area contributed by atoms with Crippen molar-refractivity contribution in [3.05, 3.63) is 0 Å². The highest BCUT2D eigenvalue weighted by molar-refractivity contribution is 5.76. The number of esters is 1. The standard InChI is InChI=1S/C13H20O6/c1-16-12(15)11-10-9(8(7-14)17-11)18-13(19-10)5-3-2-4-6-13/h8-11,14H,2-7H2,1H3/t8-,9-,10-,11-/m1/s1. The fraction of sp³-hybridized carbons (Fsp3) is 0.923. The van der Waals surface area contributed by atoms with E-state index in [4.69, 9.17) is 18.9 Å². The highest BCUT2D eigenvalue weighted by atomic mass is 16.8. The smallest absolute Gasteiger partial charge is 0.337 e. The third-order valence-electron chi connectivity index (χ3n) is 4.24. The summed E-state index contributed by atoms with van der Waals surface area (Å²) in [6, 6.07) is 0. The molecule has 1 aliphatic carbocycles. The molecule has 1 N–H and O–H groups in total. The maximum absolute atomic E-state index is 11.7. The molecule has 0 aromatic rings. The van der Waals surface area contributed by atoms with Crippen molar-refractivity contribution in [1.82, 2.24) is 0 Å². The van der Waals surface area contributed by atoms with Gasteiger partial charge in [0.15, 0.2) is 11.9 Å². The van der Waals surface area contributed by atoms with Crippen molar-refractivity contribution in [3.8, 4) is 0 Å². The number of rotatable bonds is 2. The molecule has 3 aliphatic rings. The zero-order valence-corrected chi connectivity index (χ0v) is 11.0. The topological polar surface area (TPSA) is 74.2 Å².